The summed E-state index contributed by atoms with van der Waals surface area (Å²) in [6, 6.07) is 4.94. The number of nitrogens with two attached hydrogens (primary N) is 1. The molecule has 2 atom stereocenters. The standard InChI is InChI=1S/C16H19Cl2N3O2/c17-10-3-4-12(18)14(7-10)21-6-5-11(16(21)23)15(22)20-13(8-19)9-1-2-9/h3-4,7,9,11,13H,1-2,5-6,8,19H2,(H,20,22). The van der Waals surface area contributed by atoms with Gasteiger partial charge >= 0.3 is 0 Å². The van der Waals surface area contributed by atoms with Gasteiger partial charge in [0.1, 0.15) is 5.92 Å². The van der Waals surface area contributed by atoms with E-state index in [0.717, 1.165) is 12.8 Å². The molecule has 124 valence electrons. The van der Waals surface area contributed by atoms with Crippen LogP contribution in [0, 0.1) is 11.8 Å². The summed E-state index contributed by atoms with van der Waals surface area (Å²) in [5.74, 6) is -0.701. The number of halogens is 2. The second-order valence-electron chi connectivity index (χ2n) is 6.12. The number of hydrogen-bond donors (Lipinski definition) is 2. The lowest BCUT2D eigenvalue weighted by Gasteiger charge is -2.20. The summed E-state index contributed by atoms with van der Waals surface area (Å²) in [7, 11) is 0. The molecule has 5 nitrogen and oxygen atoms in total. The van der Waals surface area contributed by atoms with Crippen molar-refractivity contribution in [3.63, 3.8) is 0 Å². The first-order valence-electron chi connectivity index (χ1n) is 7.78. The molecular weight excluding hydrogens is 337 g/mol. The zero-order valence-corrected chi connectivity index (χ0v) is 14.1. The molecule has 0 radical (unpaired) electrons. The molecule has 2 unspecified atom stereocenters. The maximum Gasteiger partial charge on any atom is 0.239 e. The molecule has 1 heterocycles. The van der Waals surface area contributed by atoms with E-state index in [4.69, 9.17) is 28.9 Å². The van der Waals surface area contributed by atoms with E-state index >= 15 is 0 Å². The number of amides is 2. The minimum absolute atomic E-state index is 0.0286. The van der Waals surface area contributed by atoms with Gasteiger partial charge in [0, 0.05) is 24.2 Å². The van der Waals surface area contributed by atoms with Crippen LogP contribution in [0.3, 0.4) is 0 Å². The summed E-state index contributed by atoms with van der Waals surface area (Å²) in [6.07, 6.45) is 2.64. The van der Waals surface area contributed by atoms with Crippen LogP contribution in [0.25, 0.3) is 0 Å². The molecular formula is C16H19Cl2N3O2. The van der Waals surface area contributed by atoms with Crippen LogP contribution < -0.4 is 16.0 Å². The quantitative estimate of drug-likeness (QED) is 0.795. The van der Waals surface area contributed by atoms with Crippen molar-refractivity contribution >= 4 is 40.7 Å². The lowest BCUT2D eigenvalue weighted by atomic mass is 10.1. The molecule has 23 heavy (non-hydrogen) atoms. The number of rotatable bonds is 5. The smallest absolute Gasteiger partial charge is 0.239 e. The topological polar surface area (TPSA) is 75.4 Å². The van der Waals surface area contributed by atoms with Gasteiger partial charge in [0.2, 0.25) is 11.8 Å². The second kappa shape index (κ2) is 6.67. The summed E-state index contributed by atoms with van der Waals surface area (Å²) in [5.41, 5.74) is 6.26. The van der Waals surface area contributed by atoms with E-state index in [2.05, 4.69) is 5.32 Å². The molecule has 3 N–H and O–H groups in total. The third-order valence-corrected chi connectivity index (χ3v) is 5.05. The van der Waals surface area contributed by atoms with Crippen LogP contribution in [0.5, 0.6) is 0 Å². The van der Waals surface area contributed by atoms with E-state index in [-0.39, 0.29) is 17.9 Å². The number of nitrogens with one attached hydrogen (secondary N) is 1. The van der Waals surface area contributed by atoms with Gasteiger partial charge in [0.15, 0.2) is 0 Å². The molecule has 1 saturated heterocycles. The summed E-state index contributed by atoms with van der Waals surface area (Å²) in [6.45, 7) is 0.856. The lowest BCUT2D eigenvalue weighted by molar-refractivity contribution is -0.132. The highest BCUT2D eigenvalue weighted by molar-refractivity contribution is 6.36. The zero-order chi connectivity index (χ0) is 16.6. The van der Waals surface area contributed by atoms with Crippen LogP contribution in [0.1, 0.15) is 19.3 Å². The van der Waals surface area contributed by atoms with Crippen molar-refractivity contribution in [3.8, 4) is 0 Å². The van der Waals surface area contributed by atoms with Crippen molar-refractivity contribution in [3.05, 3.63) is 28.2 Å². The summed E-state index contributed by atoms with van der Waals surface area (Å²) in [4.78, 5) is 26.5. The largest absolute Gasteiger partial charge is 0.351 e. The molecule has 0 aromatic heterocycles. The summed E-state index contributed by atoms with van der Waals surface area (Å²) < 4.78 is 0. The number of nitrogens with zero attached hydrogens (tertiary/aromatic N) is 1. The maximum atomic E-state index is 12.6. The number of hydrogen-bond acceptors (Lipinski definition) is 3. The Morgan fingerprint density at radius 2 is 2.09 bits per heavy atom. The molecule has 1 aromatic carbocycles. The fourth-order valence-corrected chi connectivity index (χ4v) is 3.39. The summed E-state index contributed by atoms with van der Waals surface area (Å²) >= 11 is 12.1. The minimum atomic E-state index is -0.683. The molecule has 7 heteroatoms. The Labute approximate surface area is 145 Å². The minimum Gasteiger partial charge on any atom is -0.351 e. The SMILES string of the molecule is NCC(NC(=O)C1CCN(c2cc(Cl)ccc2Cl)C1=O)C1CC1. The Hall–Kier alpha value is -1.30. The molecule has 0 bridgehead atoms. The van der Waals surface area contributed by atoms with Gasteiger partial charge in [-0.25, -0.2) is 0 Å². The Bertz CT molecular complexity index is 634. The highest BCUT2D eigenvalue weighted by Crippen LogP contribution is 2.35. The number of carbonyl (C=O) groups is 2. The first-order valence-corrected chi connectivity index (χ1v) is 8.53. The van der Waals surface area contributed by atoms with Crippen LogP contribution in [-0.2, 0) is 9.59 Å². The van der Waals surface area contributed by atoms with Gasteiger partial charge in [-0.2, -0.15) is 0 Å². The number of anilines is 1. The van der Waals surface area contributed by atoms with Gasteiger partial charge in [-0.15, -0.1) is 0 Å². The van der Waals surface area contributed by atoms with E-state index in [1.807, 2.05) is 0 Å². The van der Waals surface area contributed by atoms with Crippen LogP contribution >= 0.6 is 23.2 Å². The van der Waals surface area contributed by atoms with Gasteiger partial charge < -0.3 is 16.0 Å². The Morgan fingerprint density at radius 1 is 1.35 bits per heavy atom. The molecule has 0 spiro atoms. The third kappa shape index (κ3) is 3.47. The number of benzene rings is 1. The highest BCUT2D eigenvalue weighted by atomic mass is 35.5. The molecule has 2 amide bonds. The monoisotopic (exact) mass is 355 g/mol. The zero-order valence-electron chi connectivity index (χ0n) is 12.6. The van der Waals surface area contributed by atoms with Crippen molar-refractivity contribution in [1.29, 1.82) is 0 Å². The normalized spacial score (nSPS) is 22.3. The first-order chi connectivity index (χ1) is 11.0. The van der Waals surface area contributed by atoms with E-state index in [9.17, 15) is 9.59 Å². The molecule has 2 aliphatic rings. The fourth-order valence-electron chi connectivity index (χ4n) is 3.01. The maximum absolute atomic E-state index is 12.6. The van der Waals surface area contributed by atoms with Crippen LogP contribution in [0.15, 0.2) is 18.2 Å². The van der Waals surface area contributed by atoms with Gasteiger partial charge in [-0.3, -0.25) is 9.59 Å². The van der Waals surface area contributed by atoms with Gasteiger partial charge in [-0.1, -0.05) is 23.2 Å². The van der Waals surface area contributed by atoms with E-state index in [1.54, 1.807) is 18.2 Å². The van der Waals surface area contributed by atoms with E-state index < -0.39 is 5.92 Å². The molecule has 1 saturated carbocycles. The van der Waals surface area contributed by atoms with Crippen molar-refractivity contribution in [2.24, 2.45) is 17.6 Å². The molecule has 1 aliphatic heterocycles. The summed E-state index contributed by atoms with van der Waals surface area (Å²) in [5, 5.41) is 3.88. The van der Waals surface area contributed by atoms with Gasteiger partial charge in [0.25, 0.3) is 0 Å². The highest BCUT2D eigenvalue weighted by Gasteiger charge is 2.40. The van der Waals surface area contributed by atoms with E-state index in [0.29, 0.717) is 41.2 Å². The Balaban J connectivity index is 1.70. The van der Waals surface area contributed by atoms with Crippen molar-refractivity contribution in [2.45, 2.75) is 25.3 Å². The number of carbonyl (C=O) groups excluding carboxylic acids is 2. The van der Waals surface area contributed by atoms with Gasteiger partial charge in [0.05, 0.1) is 10.7 Å². The molecule has 2 fully saturated rings. The van der Waals surface area contributed by atoms with Crippen molar-refractivity contribution in [1.82, 2.24) is 5.32 Å². The van der Waals surface area contributed by atoms with Crippen LogP contribution in [0.2, 0.25) is 10.0 Å². The third-order valence-electron chi connectivity index (χ3n) is 4.49. The first kappa shape index (κ1) is 16.6. The fraction of sp³-hybridized carbons (Fsp3) is 0.500. The van der Waals surface area contributed by atoms with Crippen molar-refractivity contribution in [2.75, 3.05) is 18.0 Å². The van der Waals surface area contributed by atoms with Crippen LogP contribution in [0.4, 0.5) is 5.69 Å². The molecule has 1 aliphatic carbocycles. The average Bonchev–Trinajstić information content (AvgIpc) is 3.30. The Kier molecular flexibility index (Phi) is 4.80. The van der Waals surface area contributed by atoms with Gasteiger partial charge in [-0.05, 0) is 43.4 Å². The second-order valence-corrected chi connectivity index (χ2v) is 6.96. The van der Waals surface area contributed by atoms with Crippen LogP contribution in [-0.4, -0.2) is 30.9 Å². The lowest BCUT2D eigenvalue weighted by Crippen LogP contribution is -2.46. The Morgan fingerprint density at radius 3 is 2.74 bits per heavy atom. The molecule has 1 aromatic rings. The molecule has 3 rings (SSSR count). The average molecular weight is 356 g/mol. The predicted octanol–water partition coefficient (Wildman–Crippen LogP) is 2.20. The van der Waals surface area contributed by atoms with Crippen molar-refractivity contribution < 1.29 is 9.59 Å². The predicted molar refractivity (Wildman–Crippen MR) is 90.6 cm³/mol. The van der Waals surface area contributed by atoms with E-state index in [1.165, 1.54) is 4.90 Å².